The van der Waals surface area contributed by atoms with Crippen molar-refractivity contribution in [2.75, 3.05) is 13.2 Å². The number of ether oxygens (including phenoxy) is 3. The Morgan fingerprint density at radius 3 is 0.831 bits per heavy atom. The highest BCUT2D eigenvalue weighted by Gasteiger charge is 2.19. The molecule has 0 saturated carbocycles. The summed E-state index contributed by atoms with van der Waals surface area (Å²) in [6.07, 6.45) is 94.7. The minimum absolute atomic E-state index is 0.122. The predicted molar refractivity (Wildman–Crippen MR) is 334 cm³/mol. The van der Waals surface area contributed by atoms with Gasteiger partial charge in [0.1, 0.15) is 13.2 Å². The van der Waals surface area contributed by atoms with Crippen LogP contribution in [-0.2, 0) is 28.6 Å². The van der Waals surface area contributed by atoms with Crippen LogP contribution in [0.15, 0.2) is 182 Å². The van der Waals surface area contributed by atoms with Crippen LogP contribution in [-0.4, -0.2) is 37.2 Å². The average Bonchev–Trinajstić information content (AvgIpc) is 3.43. The molecule has 0 aliphatic heterocycles. The van der Waals surface area contributed by atoms with Crippen molar-refractivity contribution < 1.29 is 28.6 Å². The molecule has 0 amide bonds. The normalized spacial score (nSPS) is 13.4. The van der Waals surface area contributed by atoms with Crippen molar-refractivity contribution in [3.8, 4) is 0 Å². The van der Waals surface area contributed by atoms with Crippen LogP contribution in [0, 0.1) is 0 Å². The van der Waals surface area contributed by atoms with Gasteiger partial charge >= 0.3 is 17.9 Å². The average molecular weight is 1060 g/mol. The lowest BCUT2D eigenvalue weighted by Gasteiger charge is -2.18. The van der Waals surface area contributed by atoms with E-state index in [4.69, 9.17) is 14.2 Å². The third kappa shape index (κ3) is 61.2. The van der Waals surface area contributed by atoms with Gasteiger partial charge in [0.05, 0.1) is 0 Å². The molecular weight excluding hydrogens is 949 g/mol. The van der Waals surface area contributed by atoms with Gasteiger partial charge in [-0.1, -0.05) is 235 Å². The predicted octanol–water partition coefficient (Wildman–Crippen LogP) is 20.9. The molecule has 0 aromatic carbocycles. The Labute approximate surface area is 472 Å². The number of carbonyl (C=O) groups excluding carboxylic acids is 3. The van der Waals surface area contributed by atoms with Crippen LogP contribution >= 0.6 is 0 Å². The van der Waals surface area contributed by atoms with Crippen LogP contribution in [0.4, 0.5) is 0 Å². The van der Waals surface area contributed by atoms with Crippen LogP contribution in [0.5, 0.6) is 0 Å². The van der Waals surface area contributed by atoms with Crippen molar-refractivity contribution in [3.05, 3.63) is 182 Å². The molecule has 0 spiro atoms. The molecule has 0 rings (SSSR count). The Hall–Kier alpha value is -5.49. The molecule has 0 fully saturated rings. The van der Waals surface area contributed by atoms with Gasteiger partial charge in [0.15, 0.2) is 6.10 Å². The number of unbranched alkanes of at least 4 members (excludes halogenated alkanes) is 11. The molecule has 0 aromatic heterocycles. The maximum absolute atomic E-state index is 12.8. The van der Waals surface area contributed by atoms with Crippen molar-refractivity contribution in [3.63, 3.8) is 0 Å². The van der Waals surface area contributed by atoms with Gasteiger partial charge < -0.3 is 14.2 Å². The summed E-state index contributed by atoms with van der Waals surface area (Å²) in [5.74, 6) is -1.02. The summed E-state index contributed by atoms with van der Waals surface area (Å²) < 4.78 is 16.8. The smallest absolute Gasteiger partial charge is 0.306 e. The number of hydrogen-bond acceptors (Lipinski definition) is 6. The molecule has 0 aliphatic carbocycles. The van der Waals surface area contributed by atoms with Crippen molar-refractivity contribution in [1.29, 1.82) is 0 Å². The van der Waals surface area contributed by atoms with Gasteiger partial charge in [-0.05, 0) is 154 Å². The van der Waals surface area contributed by atoms with Crippen molar-refractivity contribution in [1.82, 2.24) is 0 Å². The van der Waals surface area contributed by atoms with Crippen LogP contribution in [0.2, 0.25) is 0 Å². The lowest BCUT2D eigenvalue weighted by Crippen LogP contribution is -2.30. The first-order chi connectivity index (χ1) is 38.0. The van der Waals surface area contributed by atoms with Crippen LogP contribution < -0.4 is 0 Å². The summed E-state index contributed by atoms with van der Waals surface area (Å²) >= 11 is 0. The molecule has 1 atom stereocenters. The van der Waals surface area contributed by atoms with E-state index < -0.39 is 6.10 Å². The van der Waals surface area contributed by atoms with E-state index in [9.17, 15) is 14.4 Å². The highest BCUT2D eigenvalue weighted by Crippen LogP contribution is 2.12. The Bertz CT molecular complexity index is 1840. The number of rotatable bonds is 52. The maximum Gasteiger partial charge on any atom is 0.306 e. The van der Waals surface area contributed by atoms with Crippen molar-refractivity contribution >= 4 is 17.9 Å². The summed E-state index contributed by atoms with van der Waals surface area (Å²) in [5.41, 5.74) is 0. The molecular formula is C71H108O6. The SMILES string of the molecule is CC/C=C\C/C=C\C/C=C\C/C=C\C/C=C\C/C=C\C/C=C\C/C=C\C/C=C\CCCCCC(=O)OCC(COC(=O)CCCCCCC/C=C\C/C=C\CCC)OC(=O)CCCC/C=C\C/C=C\C/C=C\C/C=C\CC. The zero-order chi connectivity index (χ0) is 55.7. The van der Waals surface area contributed by atoms with Crippen LogP contribution in [0.1, 0.15) is 226 Å². The van der Waals surface area contributed by atoms with Gasteiger partial charge in [-0.2, -0.15) is 0 Å². The molecule has 0 bridgehead atoms. The first kappa shape index (κ1) is 71.5. The van der Waals surface area contributed by atoms with Gasteiger partial charge in [0, 0.05) is 19.3 Å². The zero-order valence-electron chi connectivity index (χ0n) is 48.9. The van der Waals surface area contributed by atoms with Crippen molar-refractivity contribution in [2.24, 2.45) is 0 Å². The third-order valence-corrected chi connectivity index (χ3v) is 11.9. The minimum atomic E-state index is -0.830. The van der Waals surface area contributed by atoms with E-state index in [0.29, 0.717) is 19.3 Å². The van der Waals surface area contributed by atoms with Crippen LogP contribution in [0.25, 0.3) is 0 Å². The fourth-order valence-electron chi connectivity index (χ4n) is 7.40. The summed E-state index contributed by atoms with van der Waals surface area (Å²) in [5, 5.41) is 0. The van der Waals surface area contributed by atoms with E-state index in [2.05, 4.69) is 203 Å². The largest absolute Gasteiger partial charge is 0.462 e. The first-order valence-corrected chi connectivity index (χ1v) is 30.3. The van der Waals surface area contributed by atoms with Gasteiger partial charge in [-0.15, -0.1) is 0 Å². The Morgan fingerprint density at radius 1 is 0.273 bits per heavy atom. The molecule has 1 unspecified atom stereocenters. The van der Waals surface area contributed by atoms with E-state index in [1.54, 1.807) is 0 Å². The van der Waals surface area contributed by atoms with Gasteiger partial charge in [-0.25, -0.2) is 0 Å². The molecule has 6 heteroatoms. The summed E-state index contributed by atoms with van der Waals surface area (Å²) in [7, 11) is 0. The molecule has 0 radical (unpaired) electrons. The van der Waals surface area contributed by atoms with Crippen LogP contribution in [0.3, 0.4) is 0 Å². The molecule has 0 aromatic rings. The number of esters is 3. The summed E-state index contributed by atoms with van der Waals surface area (Å²) in [6.45, 7) is 6.25. The Balaban J connectivity index is 4.45. The monoisotopic (exact) mass is 1060 g/mol. The Kier molecular flexibility index (Phi) is 58.6. The summed E-state index contributed by atoms with van der Waals surface area (Å²) in [4.78, 5) is 38.2. The highest BCUT2D eigenvalue weighted by molar-refractivity contribution is 5.71. The van der Waals surface area contributed by atoms with Gasteiger partial charge in [0.2, 0.25) is 0 Å². The van der Waals surface area contributed by atoms with Gasteiger partial charge in [-0.3, -0.25) is 14.4 Å². The van der Waals surface area contributed by atoms with Gasteiger partial charge in [0.25, 0.3) is 0 Å². The molecule has 6 nitrogen and oxygen atoms in total. The topological polar surface area (TPSA) is 78.9 Å². The lowest BCUT2D eigenvalue weighted by molar-refractivity contribution is -0.167. The lowest BCUT2D eigenvalue weighted by atomic mass is 10.1. The second-order valence-electron chi connectivity index (χ2n) is 19.1. The maximum atomic E-state index is 12.8. The third-order valence-electron chi connectivity index (χ3n) is 11.9. The fourth-order valence-corrected chi connectivity index (χ4v) is 7.40. The standard InChI is InChI=1S/C71H108O6/c1-4-7-10-13-16-19-22-25-27-28-29-30-31-32-33-34-35-36-37-38-39-40-41-42-44-46-49-52-55-58-61-64-70(73)76-67-68(66-75-69(72)63-60-57-54-51-48-45-24-21-18-15-12-9-6-3)77-71(74)65-62-59-56-53-50-47-43-26-23-20-17-14-11-8-5-2/h7-8,10-12,15-17,19-21,24-27,29-30,32-33,35-36,38-39,41-43,46,49-50,53,68H,4-6,9,13-14,18,22-23,28,31,34,37,40,44-45,47-48,51-52,54-67H2,1-3H3/b10-7-,11-8-,15-12-,19-16-,20-17-,24-21-,27-25-,30-29-,33-32-,36-35-,39-38-,42-41-,43-26-,49-46-,53-50-. The van der Waals surface area contributed by atoms with E-state index >= 15 is 0 Å². The molecule has 77 heavy (non-hydrogen) atoms. The number of hydrogen-bond donors (Lipinski definition) is 0. The fraction of sp³-hybridized carbons (Fsp3) is 0.535. The molecule has 428 valence electrons. The molecule has 0 aliphatic rings. The van der Waals surface area contributed by atoms with E-state index in [0.717, 1.165) is 173 Å². The van der Waals surface area contributed by atoms with E-state index in [1.165, 1.54) is 6.42 Å². The Morgan fingerprint density at radius 2 is 0.506 bits per heavy atom. The zero-order valence-corrected chi connectivity index (χ0v) is 48.9. The molecule has 0 N–H and O–H groups in total. The summed E-state index contributed by atoms with van der Waals surface area (Å²) in [6, 6.07) is 0. The second kappa shape index (κ2) is 63.0. The highest BCUT2D eigenvalue weighted by atomic mass is 16.6. The minimum Gasteiger partial charge on any atom is -0.462 e. The molecule has 0 heterocycles. The van der Waals surface area contributed by atoms with E-state index in [1.807, 2.05) is 0 Å². The first-order valence-electron chi connectivity index (χ1n) is 30.3. The number of carbonyl (C=O) groups is 3. The van der Waals surface area contributed by atoms with Crippen molar-refractivity contribution in [2.45, 2.75) is 232 Å². The quantitative estimate of drug-likeness (QED) is 0.0261. The second-order valence-corrected chi connectivity index (χ2v) is 19.1. The number of allylic oxidation sites excluding steroid dienone is 30. The molecule has 0 saturated heterocycles. The van der Waals surface area contributed by atoms with E-state index in [-0.39, 0.29) is 37.5 Å².